The van der Waals surface area contributed by atoms with Crippen LogP contribution in [0.15, 0.2) is 71.3 Å². The zero-order chi connectivity index (χ0) is 21.7. The first kappa shape index (κ1) is 18.8. The molecule has 3 amide bonds. The van der Waals surface area contributed by atoms with E-state index in [0.29, 0.717) is 33.3 Å². The molecule has 1 aromatic heterocycles. The van der Waals surface area contributed by atoms with Crippen molar-refractivity contribution in [1.82, 2.24) is 0 Å². The van der Waals surface area contributed by atoms with E-state index in [1.54, 1.807) is 37.3 Å². The maximum atomic E-state index is 13.2. The fraction of sp³-hybridized carbons (Fsp3) is 0.0800. The number of imide groups is 1. The van der Waals surface area contributed by atoms with Crippen molar-refractivity contribution >= 4 is 39.9 Å². The van der Waals surface area contributed by atoms with Crippen molar-refractivity contribution in [3.05, 3.63) is 94.9 Å². The summed E-state index contributed by atoms with van der Waals surface area (Å²) in [7, 11) is 0. The van der Waals surface area contributed by atoms with Gasteiger partial charge in [0, 0.05) is 22.0 Å². The van der Waals surface area contributed by atoms with Crippen molar-refractivity contribution < 1.29 is 18.8 Å². The first-order valence-corrected chi connectivity index (χ1v) is 9.83. The first-order chi connectivity index (χ1) is 15.0. The number of rotatable bonds is 3. The van der Waals surface area contributed by atoms with Crippen molar-refractivity contribution in [2.24, 2.45) is 0 Å². The van der Waals surface area contributed by atoms with Gasteiger partial charge in [-0.25, -0.2) is 4.90 Å². The number of fused-ring (bicyclic) bond motifs is 2. The molecular formula is C25H18N2O4. The highest BCUT2D eigenvalue weighted by Gasteiger charge is 2.38. The molecule has 0 saturated heterocycles. The van der Waals surface area contributed by atoms with Crippen molar-refractivity contribution in [3.63, 3.8) is 0 Å². The van der Waals surface area contributed by atoms with E-state index in [1.165, 1.54) is 11.2 Å². The van der Waals surface area contributed by atoms with Gasteiger partial charge in [-0.1, -0.05) is 36.4 Å². The average molecular weight is 410 g/mol. The van der Waals surface area contributed by atoms with E-state index in [0.717, 1.165) is 11.1 Å². The van der Waals surface area contributed by atoms with Crippen LogP contribution in [0, 0.1) is 13.8 Å². The maximum Gasteiger partial charge on any atom is 0.291 e. The number of hydrogen-bond acceptors (Lipinski definition) is 4. The summed E-state index contributed by atoms with van der Waals surface area (Å²) >= 11 is 0. The van der Waals surface area contributed by atoms with Crippen LogP contribution in [0.3, 0.4) is 0 Å². The second-order valence-electron chi connectivity index (χ2n) is 7.51. The summed E-state index contributed by atoms with van der Waals surface area (Å²) in [6.45, 7) is 3.62. The molecule has 31 heavy (non-hydrogen) atoms. The Morgan fingerprint density at radius 3 is 2.32 bits per heavy atom. The maximum absolute atomic E-state index is 13.2. The molecule has 1 aliphatic heterocycles. The average Bonchev–Trinajstić information content (AvgIpc) is 3.30. The summed E-state index contributed by atoms with van der Waals surface area (Å²) in [5.74, 6) is -0.816. The first-order valence-electron chi connectivity index (χ1n) is 9.83. The number of aryl methyl sites for hydroxylation is 2. The molecule has 1 N–H and O–H groups in total. The Morgan fingerprint density at radius 1 is 0.839 bits per heavy atom. The molecule has 0 fully saturated rings. The molecule has 5 rings (SSSR count). The van der Waals surface area contributed by atoms with Gasteiger partial charge in [0.15, 0.2) is 5.76 Å². The molecule has 0 spiro atoms. The number of carbonyl (C=O) groups excluding carboxylic acids is 3. The molecule has 2 heterocycles. The molecule has 0 atom stereocenters. The van der Waals surface area contributed by atoms with Gasteiger partial charge in [-0.3, -0.25) is 14.4 Å². The molecule has 0 bridgehead atoms. The highest BCUT2D eigenvalue weighted by molar-refractivity contribution is 6.36. The topological polar surface area (TPSA) is 79.6 Å². The number of hydrogen-bond donors (Lipinski definition) is 1. The Kier molecular flexibility index (Phi) is 4.22. The molecule has 1 aliphatic rings. The van der Waals surface area contributed by atoms with Crippen LogP contribution < -0.4 is 10.2 Å². The van der Waals surface area contributed by atoms with E-state index in [4.69, 9.17) is 4.42 Å². The third-order valence-electron chi connectivity index (χ3n) is 5.58. The summed E-state index contributed by atoms with van der Waals surface area (Å²) in [6, 6.07) is 17.7. The van der Waals surface area contributed by atoms with Crippen molar-refractivity contribution in [2.75, 3.05) is 10.2 Å². The second kappa shape index (κ2) is 6.95. The van der Waals surface area contributed by atoms with Crippen molar-refractivity contribution in [1.29, 1.82) is 0 Å². The lowest BCUT2D eigenvalue weighted by Crippen LogP contribution is -2.29. The summed E-state index contributed by atoms with van der Waals surface area (Å²) in [5, 5.41) is 4.27. The van der Waals surface area contributed by atoms with Crippen LogP contribution in [-0.4, -0.2) is 17.7 Å². The standard InChI is InChI=1S/C25H18N2O4/c1-14-6-5-9-18-21(14)25(30)27(24(18)29)20-11-10-19(16-7-3-4-8-17(16)20)26-23(28)22-15(2)12-13-31-22/h3-13H,1-2H3,(H,26,28). The zero-order valence-electron chi connectivity index (χ0n) is 16.9. The van der Waals surface area contributed by atoms with Gasteiger partial charge in [0.25, 0.3) is 17.7 Å². The lowest BCUT2D eigenvalue weighted by atomic mass is 10.0. The number of benzene rings is 3. The molecule has 152 valence electrons. The van der Waals surface area contributed by atoms with Crippen LogP contribution in [0.5, 0.6) is 0 Å². The smallest absolute Gasteiger partial charge is 0.291 e. The van der Waals surface area contributed by atoms with Gasteiger partial charge < -0.3 is 9.73 Å². The van der Waals surface area contributed by atoms with Gasteiger partial charge in [0.05, 0.1) is 23.1 Å². The normalized spacial score (nSPS) is 13.0. The molecule has 6 heteroatoms. The minimum Gasteiger partial charge on any atom is -0.459 e. The van der Waals surface area contributed by atoms with Crippen LogP contribution in [0.1, 0.15) is 42.4 Å². The summed E-state index contributed by atoms with van der Waals surface area (Å²) in [6.07, 6.45) is 1.47. The quantitative estimate of drug-likeness (QED) is 0.477. The minimum atomic E-state index is -0.364. The van der Waals surface area contributed by atoms with E-state index in [-0.39, 0.29) is 23.5 Å². The number of nitrogens with zero attached hydrogens (tertiary/aromatic N) is 1. The van der Waals surface area contributed by atoms with Gasteiger partial charge in [0.2, 0.25) is 0 Å². The van der Waals surface area contributed by atoms with Crippen LogP contribution in [-0.2, 0) is 0 Å². The van der Waals surface area contributed by atoms with Crippen LogP contribution in [0.25, 0.3) is 10.8 Å². The number of nitrogens with one attached hydrogen (secondary N) is 1. The predicted molar refractivity (Wildman–Crippen MR) is 118 cm³/mol. The molecule has 4 aromatic rings. The van der Waals surface area contributed by atoms with Crippen LogP contribution in [0.4, 0.5) is 11.4 Å². The lowest BCUT2D eigenvalue weighted by molar-refractivity contribution is 0.0924. The van der Waals surface area contributed by atoms with E-state index < -0.39 is 0 Å². The zero-order valence-corrected chi connectivity index (χ0v) is 16.9. The number of anilines is 2. The fourth-order valence-corrected chi connectivity index (χ4v) is 4.04. The highest BCUT2D eigenvalue weighted by atomic mass is 16.3. The number of furan rings is 1. The van der Waals surface area contributed by atoms with Gasteiger partial charge in [-0.15, -0.1) is 0 Å². The van der Waals surface area contributed by atoms with Gasteiger partial charge in [-0.2, -0.15) is 0 Å². The minimum absolute atomic E-state index is 0.240. The number of amides is 3. The van der Waals surface area contributed by atoms with E-state index >= 15 is 0 Å². The summed E-state index contributed by atoms with van der Waals surface area (Å²) in [4.78, 5) is 40.1. The second-order valence-corrected chi connectivity index (χ2v) is 7.51. The Balaban J connectivity index is 1.60. The monoisotopic (exact) mass is 410 g/mol. The molecule has 0 aliphatic carbocycles. The van der Waals surface area contributed by atoms with Crippen molar-refractivity contribution in [3.8, 4) is 0 Å². The summed E-state index contributed by atoms with van der Waals surface area (Å²) in [5.41, 5.74) is 3.38. The van der Waals surface area contributed by atoms with Crippen LogP contribution in [0.2, 0.25) is 0 Å². The summed E-state index contributed by atoms with van der Waals surface area (Å²) < 4.78 is 5.28. The van der Waals surface area contributed by atoms with Gasteiger partial charge >= 0.3 is 0 Å². The molecule has 0 unspecified atom stereocenters. The van der Waals surface area contributed by atoms with Crippen LogP contribution >= 0.6 is 0 Å². The predicted octanol–water partition coefficient (Wildman–Crippen LogP) is 5.10. The molecule has 3 aromatic carbocycles. The Hall–Kier alpha value is -4.19. The third-order valence-corrected chi connectivity index (χ3v) is 5.58. The van der Waals surface area contributed by atoms with E-state index in [2.05, 4.69) is 5.32 Å². The fourth-order valence-electron chi connectivity index (χ4n) is 4.04. The van der Waals surface area contributed by atoms with Crippen molar-refractivity contribution in [2.45, 2.75) is 13.8 Å². The molecule has 6 nitrogen and oxygen atoms in total. The lowest BCUT2D eigenvalue weighted by Gasteiger charge is -2.18. The SMILES string of the molecule is Cc1ccoc1C(=O)Nc1ccc(N2C(=O)c3cccc(C)c3C2=O)c2ccccc12. The largest absolute Gasteiger partial charge is 0.459 e. The third kappa shape index (κ3) is 2.84. The van der Waals surface area contributed by atoms with Gasteiger partial charge in [0.1, 0.15) is 0 Å². The molecular weight excluding hydrogens is 392 g/mol. The molecule has 0 radical (unpaired) electrons. The highest BCUT2D eigenvalue weighted by Crippen LogP contribution is 2.37. The van der Waals surface area contributed by atoms with Gasteiger partial charge in [-0.05, 0) is 43.7 Å². The van der Waals surface area contributed by atoms with E-state index in [1.807, 2.05) is 37.3 Å². The Morgan fingerprint density at radius 2 is 1.61 bits per heavy atom. The molecule has 0 saturated carbocycles. The number of carbonyl (C=O) groups is 3. The van der Waals surface area contributed by atoms with E-state index in [9.17, 15) is 14.4 Å². The Labute approximate surface area is 178 Å². The Bertz CT molecular complexity index is 1400.